The molecular formula is C19H16I2N2OS. The lowest BCUT2D eigenvalue weighted by molar-refractivity contribution is 0.358. The Morgan fingerprint density at radius 1 is 1.28 bits per heavy atom. The molecule has 0 atom stereocenters. The average molecular weight is 574 g/mol. The van der Waals surface area contributed by atoms with Gasteiger partial charge >= 0.3 is 0 Å². The molecule has 3 nitrogen and oxygen atoms in total. The summed E-state index contributed by atoms with van der Waals surface area (Å²) in [5.41, 5.74) is 3.00. The third-order valence-electron chi connectivity index (χ3n) is 3.96. The van der Waals surface area contributed by atoms with Crippen LogP contribution in [0.25, 0.3) is 0 Å². The van der Waals surface area contributed by atoms with E-state index < -0.39 is 0 Å². The number of fused-ring (bicyclic) bond motifs is 1. The normalized spacial score (nSPS) is 13.5. The summed E-state index contributed by atoms with van der Waals surface area (Å²) in [6.45, 7) is 4.17. The fraction of sp³-hybridized carbons (Fsp3) is 0.263. The summed E-state index contributed by atoms with van der Waals surface area (Å²) in [5, 5.41) is 10.4. The number of hydrogen-bond acceptors (Lipinski definition) is 4. The molecule has 0 aliphatic heterocycles. The van der Waals surface area contributed by atoms with E-state index in [0.29, 0.717) is 6.61 Å². The van der Waals surface area contributed by atoms with E-state index in [4.69, 9.17) is 4.74 Å². The maximum atomic E-state index is 9.52. The first-order chi connectivity index (χ1) is 12.1. The van der Waals surface area contributed by atoms with E-state index in [1.807, 2.05) is 18.3 Å². The number of aryl methyl sites for hydroxylation is 1. The highest BCUT2D eigenvalue weighted by Gasteiger charge is 2.20. The predicted octanol–water partition coefficient (Wildman–Crippen LogP) is 6.02. The van der Waals surface area contributed by atoms with E-state index in [-0.39, 0.29) is 0 Å². The Balaban J connectivity index is 1.89. The van der Waals surface area contributed by atoms with Gasteiger partial charge in [0.25, 0.3) is 0 Å². The molecule has 1 aliphatic carbocycles. The number of halogens is 2. The van der Waals surface area contributed by atoms with Crippen LogP contribution in [0, 0.1) is 18.5 Å². The lowest BCUT2D eigenvalue weighted by atomic mass is 9.96. The Labute approximate surface area is 179 Å². The van der Waals surface area contributed by atoms with Gasteiger partial charge in [0.15, 0.2) is 0 Å². The molecule has 128 valence electrons. The molecular weight excluding hydrogens is 558 g/mol. The van der Waals surface area contributed by atoms with Gasteiger partial charge in [-0.05, 0) is 94.1 Å². The van der Waals surface area contributed by atoms with E-state index in [1.165, 1.54) is 23.3 Å². The third kappa shape index (κ3) is 4.26. The monoisotopic (exact) mass is 574 g/mol. The van der Waals surface area contributed by atoms with Crippen molar-refractivity contribution in [3.8, 4) is 11.8 Å². The molecule has 0 amide bonds. The van der Waals surface area contributed by atoms with Crippen molar-refractivity contribution in [2.24, 2.45) is 4.99 Å². The minimum absolute atomic E-state index is 0.492. The molecule has 0 radical (unpaired) electrons. The summed E-state index contributed by atoms with van der Waals surface area (Å²) in [4.78, 5) is 5.97. The SMILES string of the molecule is C=CCOc1c(I)cc(/C=N/c2sc3c(c2C#N)CCCC3)cc1I. The van der Waals surface area contributed by atoms with Crippen molar-refractivity contribution < 1.29 is 4.74 Å². The second-order valence-corrected chi connectivity index (χ2v) is 9.08. The van der Waals surface area contributed by atoms with Gasteiger partial charge in [-0.15, -0.1) is 11.3 Å². The summed E-state index contributed by atoms with van der Waals surface area (Å²) in [6.07, 6.45) is 8.06. The molecule has 0 saturated heterocycles. The van der Waals surface area contributed by atoms with Gasteiger partial charge in [-0.3, -0.25) is 0 Å². The first-order valence-electron chi connectivity index (χ1n) is 7.95. The molecule has 0 N–H and O–H groups in total. The van der Waals surface area contributed by atoms with Crippen LogP contribution in [0.15, 0.2) is 29.8 Å². The van der Waals surface area contributed by atoms with Crippen LogP contribution in [-0.4, -0.2) is 12.8 Å². The van der Waals surface area contributed by atoms with Crippen LogP contribution in [0.5, 0.6) is 5.75 Å². The number of rotatable bonds is 5. The van der Waals surface area contributed by atoms with Gasteiger partial charge in [-0.25, -0.2) is 4.99 Å². The number of thiophene rings is 1. The molecule has 0 unspecified atom stereocenters. The second kappa shape index (κ2) is 8.64. The smallest absolute Gasteiger partial charge is 0.146 e. The fourth-order valence-corrected chi connectivity index (χ4v) is 6.14. The molecule has 0 spiro atoms. The number of nitrogens with zero attached hydrogens (tertiary/aromatic N) is 2. The van der Waals surface area contributed by atoms with E-state index in [0.717, 1.165) is 41.9 Å². The predicted molar refractivity (Wildman–Crippen MR) is 120 cm³/mol. The molecule has 6 heteroatoms. The lowest BCUT2D eigenvalue weighted by Gasteiger charge is -2.09. The molecule has 1 aromatic heterocycles. The van der Waals surface area contributed by atoms with Crippen molar-refractivity contribution in [1.82, 2.24) is 0 Å². The summed E-state index contributed by atoms with van der Waals surface area (Å²) in [6, 6.07) is 6.45. The highest BCUT2D eigenvalue weighted by molar-refractivity contribution is 14.1. The zero-order valence-corrected chi connectivity index (χ0v) is 18.7. The van der Waals surface area contributed by atoms with Crippen molar-refractivity contribution in [2.45, 2.75) is 25.7 Å². The van der Waals surface area contributed by atoms with Gasteiger partial charge in [0.05, 0.1) is 12.7 Å². The topological polar surface area (TPSA) is 45.4 Å². The highest BCUT2D eigenvalue weighted by Crippen LogP contribution is 2.39. The summed E-state index contributed by atoms with van der Waals surface area (Å²) in [5.74, 6) is 0.877. The first-order valence-corrected chi connectivity index (χ1v) is 10.9. The van der Waals surface area contributed by atoms with Crippen LogP contribution in [0.2, 0.25) is 0 Å². The van der Waals surface area contributed by atoms with Crippen LogP contribution >= 0.6 is 56.5 Å². The number of hydrogen-bond donors (Lipinski definition) is 0. The maximum absolute atomic E-state index is 9.52. The van der Waals surface area contributed by atoms with E-state index in [2.05, 4.69) is 62.8 Å². The summed E-state index contributed by atoms with van der Waals surface area (Å²) in [7, 11) is 0. The minimum Gasteiger partial charge on any atom is -0.487 e. The minimum atomic E-state index is 0.492. The van der Waals surface area contributed by atoms with E-state index in [1.54, 1.807) is 17.4 Å². The number of aliphatic imine (C=N–C) groups is 1. The number of nitriles is 1. The van der Waals surface area contributed by atoms with Gasteiger partial charge in [-0.1, -0.05) is 12.7 Å². The van der Waals surface area contributed by atoms with Crippen LogP contribution in [-0.2, 0) is 12.8 Å². The Hall–Kier alpha value is -0.920. The molecule has 1 heterocycles. The molecule has 1 aliphatic rings. The zero-order valence-electron chi connectivity index (χ0n) is 13.5. The van der Waals surface area contributed by atoms with Gasteiger partial charge in [0, 0.05) is 11.1 Å². The second-order valence-electron chi connectivity index (χ2n) is 5.67. The van der Waals surface area contributed by atoms with Gasteiger partial charge < -0.3 is 4.74 Å². The van der Waals surface area contributed by atoms with E-state index >= 15 is 0 Å². The molecule has 0 bridgehead atoms. The quantitative estimate of drug-likeness (QED) is 0.249. The van der Waals surface area contributed by atoms with Crippen molar-refractivity contribution in [3.63, 3.8) is 0 Å². The Bertz CT molecular complexity index is 857. The van der Waals surface area contributed by atoms with Crippen LogP contribution in [0.3, 0.4) is 0 Å². The summed E-state index contributed by atoms with van der Waals surface area (Å²) >= 11 is 6.22. The lowest BCUT2D eigenvalue weighted by Crippen LogP contribution is -1.99. The molecule has 3 rings (SSSR count). The third-order valence-corrected chi connectivity index (χ3v) is 6.76. The molecule has 1 aromatic carbocycles. The van der Waals surface area contributed by atoms with Crippen LogP contribution in [0.4, 0.5) is 5.00 Å². The van der Waals surface area contributed by atoms with Crippen LogP contribution < -0.4 is 4.74 Å². The van der Waals surface area contributed by atoms with Crippen molar-refractivity contribution >= 4 is 67.7 Å². The van der Waals surface area contributed by atoms with Crippen molar-refractivity contribution in [1.29, 1.82) is 5.26 Å². The largest absolute Gasteiger partial charge is 0.487 e. The standard InChI is InChI=1S/C19H16I2N2OS/c1-2-7-24-18-15(20)8-12(9-16(18)21)11-23-19-14(10-22)13-5-3-4-6-17(13)25-19/h2,8-9,11H,1,3-7H2/b23-11+. The maximum Gasteiger partial charge on any atom is 0.146 e. The zero-order chi connectivity index (χ0) is 17.8. The summed E-state index contributed by atoms with van der Waals surface area (Å²) < 4.78 is 7.79. The fourth-order valence-electron chi connectivity index (χ4n) is 2.83. The van der Waals surface area contributed by atoms with Crippen LogP contribution in [0.1, 0.15) is 34.4 Å². The van der Waals surface area contributed by atoms with Crippen molar-refractivity contribution in [3.05, 3.63) is 53.5 Å². The molecule has 0 saturated carbocycles. The number of ether oxygens (including phenoxy) is 1. The molecule has 2 aromatic rings. The average Bonchev–Trinajstić information content (AvgIpc) is 2.96. The van der Waals surface area contributed by atoms with Crippen molar-refractivity contribution in [2.75, 3.05) is 6.61 Å². The van der Waals surface area contributed by atoms with Gasteiger partial charge in [-0.2, -0.15) is 5.26 Å². The first kappa shape index (κ1) is 18.9. The van der Waals surface area contributed by atoms with Gasteiger partial charge in [0.2, 0.25) is 0 Å². The number of benzene rings is 1. The Kier molecular flexibility index (Phi) is 6.52. The highest BCUT2D eigenvalue weighted by atomic mass is 127. The van der Waals surface area contributed by atoms with Gasteiger partial charge in [0.1, 0.15) is 23.4 Å². The molecule has 0 fully saturated rings. The Morgan fingerprint density at radius 2 is 2.00 bits per heavy atom. The Morgan fingerprint density at radius 3 is 2.68 bits per heavy atom. The van der Waals surface area contributed by atoms with E-state index in [9.17, 15) is 5.26 Å². The molecule has 25 heavy (non-hydrogen) atoms.